The summed E-state index contributed by atoms with van der Waals surface area (Å²) in [5.74, 6) is 2.22. The zero-order valence-electron chi connectivity index (χ0n) is 9.48. The molecule has 0 radical (unpaired) electrons. The molecule has 0 bridgehead atoms. The van der Waals surface area contributed by atoms with Gasteiger partial charge in [-0.1, -0.05) is 24.2 Å². The summed E-state index contributed by atoms with van der Waals surface area (Å²) in [4.78, 5) is 2.22. The molecule has 0 aromatic carbocycles. The molecule has 0 aromatic heterocycles. The maximum absolute atomic E-state index is 2.22. The summed E-state index contributed by atoms with van der Waals surface area (Å²) in [5.41, 5.74) is 0. The number of hydrogen-bond acceptors (Lipinski definition) is 1. The molecule has 0 saturated heterocycles. The van der Waals surface area contributed by atoms with E-state index in [9.17, 15) is 0 Å². The second-order valence-corrected chi connectivity index (χ2v) is 5.48. The first-order valence-corrected chi connectivity index (χ1v) is 6.50. The molecule has 0 fully saturated rings. The van der Waals surface area contributed by atoms with E-state index >= 15 is 0 Å². The van der Waals surface area contributed by atoms with Gasteiger partial charge in [-0.3, -0.25) is 0 Å². The van der Waals surface area contributed by atoms with Crippen molar-refractivity contribution in [3.05, 3.63) is 45.7 Å². The van der Waals surface area contributed by atoms with E-state index in [0.717, 1.165) is 6.32 Å². The predicted octanol–water partition coefficient (Wildman–Crippen LogP) is 2.58. The Kier molecular flexibility index (Phi) is 6.20. The zero-order chi connectivity index (χ0) is 11.1. The molecule has 2 rings (SSSR count). The molecular weight excluding hydrogens is 260 g/mol. The molecule has 0 aromatic rings. The zero-order valence-corrected chi connectivity index (χ0v) is 11.9. The molecule has 1 aliphatic heterocycles. The number of rotatable bonds is 1. The van der Waals surface area contributed by atoms with Crippen molar-refractivity contribution in [2.75, 3.05) is 14.1 Å². The fourth-order valence-corrected chi connectivity index (χ4v) is 1.92. The van der Waals surface area contributed by atoms with Crippen LogP contribution < -0.4 is 0 Å². The second kappa shape index (κ2) is 7.19. The van der Waals surface area contributed by atoms with Crippen molar-refractivity contribution in [2.45, 2.75) is 12.7 Å². The fourth-order valence-electron chi connectivity index (χ4n) is 1.40. The van der Waals surface area contributed by atoms with Crippen LogP contribution >= 0.6 is 0 Å². The quantitative estimate of drug-likeness (QED) is 0.666. The van der Waals surface area contributed by atoms with Crippen molar-refractivity contribution in [1.82, 2.24) is 4.81 Å². The monoisotopic (exact) mass is 276 g/mol. The van der Waals surface area contributed by atoms with Gasteiger partial charge in [0.15, 0.2) is 0 Å². The molecule has 3 heteroatoms. The minimum atomic E-state index is 0.620. The van der Waals surface area contributed by atoms with Gasteiger partial charge in [0.2, 0.25) is 0 Å². The van der Waals surface area contributed by atoms with Gasteiger partial charge in [0.05, 0.1) is 0 Å². The summed E-state index contributed by atoms with van der Waals surface area (Å²) >= 11 is 1.56. The molecule has 15 heavy (non-hydrogen) atoms. The summed E-state index contributed by atoms with van der Waals surface area (Å²) in [7, 11) is 4.21. The van der Waals surface area contributed by atoms with Crippen LogP contribution in [0.15, 0.2) is 45.7 Å². The van der Waals surface area contributed by atoms with E-state index < -0.39 is 0 Å². The Morgan fingerprint density at radius 2 is 2.00 bits per heavy atom. The Hall–Kier alpha value is -0.132. The van der Waals surface area contributed by atoms with Crippen LogP contribution in [0, 0.1) is 0 Å². The van der Waals surface area contributed by atoms with Crippen molar-refractivity contribution in [1.29, 1.82) is 0 Å². The molecule has 0 spiro atoms. The van der Waals surface area contributed by atoms with Crippen molar-refractivity contribution < 1.29 is 24.7 Å². The third kappa shape index (κ3) is 5.49. The molecule has 77 valence electrons. The molecule has 0 unspecified atom stereocenters. The molecule has 1 heterocycles. The van der Waals surface area contributed by atoms with E-state index in [1.807, 2.05) is 0 Å². The molecular formula is C12H17BNZr. The Morgan fingerprint density at radius 1 is 1.20 bits per heavy atom. The molecule has 1 nitrogen and oxygen atoms in total. The average molecular weight is 277 g/mol. The normalized spacial score (nSPS) is 17.7. The third-order valence-corrected chi connectivity index (χ3v) is 3.30. The summed E-state index contributed by atoms with van der Waals surface area (Å²) in [6.45, 7) is 0.620. The van der Waals surface area contributed by atoms with Crippen LogP contribution in [0.4, 0.5) is 0 Å². The van der Waals surface area contributed by atoms with Gasteiger partial charge >= 0.3 is 52.6 Å². The van der Waals surface area contributed by atoms with Gasteiger partial charge < -0.3 is 4.81 Å². The van der Waals surface area contributed by atoms with Crippen molar-refractivity contribution in [2.24, 2.45) is 0 Å². The Labute approximate surface area is 109 Å². The first-order valence-electron chi connectivity index (χ1n) is 5.27. The average Bonchev–Trinajstić information content (AvgIpc) is 2.71. The van der Waals surface area contributed by atoms with Crippen molar-refractivity contribution in [3.8, 4) is 0 Å². The fraction of sp³-hybridized carbons (Fsp3) is 0.333. The van der Waals surface area contributed by atoms with E-state index in [0.29, 0.717) is 6.85 Å². The van der Waals surface area contributed by atoms with Gasteiger partial charge in [-0.15, -0.1) is 0 Å². The minimum absolute atomic E-state index is 0.620. The van der Waals surface area contributed by atoms with Gasteiger partial charge in [-0.05, 0) is 20.4 Å². The Balaban J connectivity index is 0.000000162. The topological polar surface area (TPSA) is 3.24 Å². The molecule has 1 aliphatic carbocycles. The van der Waals surface area contributed by atoms with Gasteiger partial charge in [0, 0.05) is 0 Å². The summed E-state index contributed by atoms with van der Waals surface area (Å²) in [5, 5.41) is 0. The summed E-state index contributed by atoms with van der Waals surface area (Å²) < 4.78 is 1.56. The van der Waals surface area contributed by atoms with Gasteiger partial charge in [-0.2, -0.15) is 0 Å². The molecule has 0 N–H and O–H groups in total. The number of hydrogen-bond donors (Lipinski definition) is 0. The maximum atomic E-state index is 2.22. The van der Waals surface area contributed by atoms with E-state index in [1.165, 1.54) is 6.42 Å². The number of allylic oxidation sites excluding steroid dienone is 7. The standard InChI is InChI=1S/C7H12BN.C5H5.Zr/c1-9(2)8-6-4-3-5-7-8;1-2-4-5-3-1;/h3-6H,7H2,1-2H3;1-3H,4H2;. The first kappa shape index (κ1) is 12.9. The Morgan fingerprint density at radius 3 is 2.27 bits per heavy atom. The number of nitrogens with zero attached hydrogens (tertiary/aromatic N) is 1. The molecule has 0 amide bonds. The van der Waals surface area contributed by atoms with Gasteiger partial charge in [0.25, 0.3) is 6.85 Å². The van der Waals surface area contributed by atoms with E-state index in [-0.39, 0.29) is 0 Å². The molecule has 2 aliphatic rings. The van der Waals surface area contributed by atoms with E-state index in [2.05, 4.69) is 61.3 Å². The van der Waals surface area contributed by atoms with Crippen molar-refractivity contribution in [3.63, 3.8) is 0 Å². The Bertz CT molecular complexity index is 303. The first-order chi connectivity index (χ1) is 7.20. The summed E-state index contributed by atoms with van der Waals surface area (Å²) in [6.07, 6.45) is 15.2. The van der Waals surface area contributed by atoms with Crippen LogP contribution in [-0.2, 0) is 24.7 Å². The van der Waals surface area contributed by atoms with Gasteiger partial charge in [-0.25, -0.2) is 0 Å². The summed E-state index contributed by atoms with van der Waals surface area (Å²) in [6, 6.07) is 0. The second-order valence-electron chi connectivity index (χ2n) is 3.90. The van der Waals surface area contributed by atoms with Crippen molar-refractivity contribution >= 4 is 6.85 Å². The third-order valence-electron chi connectivity index (χ3n) is 2.39. The van der Waals surface area contributed by atoms with Crippen LogP contribution in [-0.4, -0.2) is 25.8 Å². The van der Waals surface area contributed by atoms with E-state index in [4.69, 9.17) is 0 Å². The molecule has 0 atom stereocenters. The SMILES string of the molecule is CN(C)B1C=CC=CC1.[Zr][C]1=CC=CC1. The van der Waals surface area contributed by atoms with E-state index in [1.54, 1.807) is 28.0 Å². The van der Waals surface area contributed by atoms with Crippen LogP contribution in [0.25, 0.3) is 0 Å². The van der Waals surface area contributed by atoms with Crippen LogP contribution in [0.3, 0.4) is 0 Å². The van der Waals surface area contributed by atoms with Gasteiger partial charge in [0.1, 0.15) is 0 Å². The van der Waals surface area contributed by atoms with Crippen LogP contribution in [0.5, 0.6) is 0 Å². The van der Waals surface area contributed by atoms with Crippen LogP contribution in [0.2, 0.25) is 6.32 Å². The molecule has 0 saturated carbocycles. The van der Waals surface area contributed by atoms with Crippen LogP contribution in [0.1, 0.15) is 6.42 Å². The predicted molar refractivity (Wildman–Crippen MR) is 64.4 cm³/mol.